The normalized spacial score (nSPS) is 11.1. The van der Waals surface area contributed by atoms with Crippen molar-refractivity contribution in [3.8, 4) is 11.5 Å². The molecule has 10 heteroatoms. The van der Waals surface area contributed by atoms with Gasteiger partial charge in [0.25, 0.3) is 0 Å². The van der Waals surface area contributed by atoms with Crippen molar-refractivity contribution in [1.82, 2.24) is 10.5 Å². The predicted molar refractivity (Wildman–Crippen MR) is 99.4 cm³/mol. The third-order valence-corrected chi connectivity index (χ3v) is 4.92. The van der Waals surface area contributed by atoms with Gasteiger partial charge in [-0.05, 0) is 24.6 Å². The molecule has 1 amide bonds. The number of aryl methyl sites for hydroxylation is 1. The lowest BCUT2D eigenvalue weighted by Gasteiger charge is -2.18. The van der Waals surface area contributed by atoms with Crippen LogP contribution in [0.15, 0.2) is 28.8 Å². The minimum Gasteiger partial charge on any atom is -0.493 e. The van der Waals surface area contributed by atoms with E-state index in [0.717, 1.165) is 16.1 Å². The van der Waals surface area contributed by atoms with E-state index in [1.807, 2.05) is 6.07 Å². The maximum absolute atomic E-state index is 12.1. The van der Waals surface area contributed by atoms with Crippen LogP contribution in [0.1, 0.15) is 17.7 Å². The van der Waals surface area contributed by atoms with Crippen LogP contribution in [0.5, 0.6) is 11.5 Å². The number of hydrogen-bond acceptors (Lipinski definition) is 7. The molecule has 0 saturated carbocycles. The van der Waals surface area contributed by atoms with Gasteiger partial charge in [-0.15, -0.1) is 0 Å². The molecule has 1 N–H and O–H groups in total. The summed E-state index contributed by atoms with van der Waals surface area (Å²) < 4.78 is 40.3. The summed E-state index contributed by atoms with van der Waals surface area (Å²) in [5.74, 6) is 1.51. The van der Waals surface area contributed by atoms with Gasteiger partial charge in [-0.25, -0.2) is 8.42 Å². The van der Waals surface area contributed by atoms with Crippen molar-refractivity contribution in [2.24, 2.45) is 0 Å². The first-order valence-corrected chi connectivity index (χ1v) is 9.98. The van der Waals surface area contributed by atoms with Gasteiger partial charge >= 0.3 is 0 Å². The number of amides is 1. The molecule has 0 aliphatic heterocycles. The molecule has 0 spiro atoms. The standard InChI is InChI=1S/C17H23N3O6S/c1-12-9-16(19-26-12)20(27(4,22)23)8-7-17(21)18-11-13-5-6-14(24-2)15(10-13)25-3/h5-6,9-10H,7-8,11H2,1-4H3,(H,18,21). The van der Waals surface area contributed by atoms with E-state index >= 15 is 0 Å². The molecule has 27 heavy (non-hydrogen) atoms. The Labute approximate surface area is 158 Å². The SMILES string of the molecule is COc1ccc(CNC(=O)CCN(c2cc(C)on2)S(C)(=O)=O)cc1OC. The number of methoxy groups -OCH3 is 2. The quantitative estimate of drug-likeness (QED) is 0.682. The van der Waals surface area contributed by atoms with Gasteiger partial charge in [0, 0.05) is 25.6 Å². The third-order valence-electron chi connectivity index (χ3n) is 3.75. The Kier molecular flexibility index (Phi) is 6.67. The molecule has 0 saturated heterocycles. The van der Waals surface area contributed by atoms with Crippen LogP contribution in [0.25, 0.3) is 0 Å². The highest BCUT2D eigenvalue weighted by Gasteiger charge is 2.21. The minimum absolute atomic E-state index is 0.0216. The zero-order valence-corrected chi connectivity index (χ0v) is 16.5. The maximum atomic E-state index is 12.1. The van der Waals surface area contributed by atoms with Crippen LogP contribution >= 0.6 is 0 Å². The van der Waals surface area contributed by atoms with Crippen molar-refractivity contribution < 1.29 is 27.2 Å². The van der Waals surface area contributed by atoms with E-state index in [1.54, 1.807) is 26.2 Å². The largest absolute Gasteiger partial charge is 0.493 e. The highest BCUT2D eigenvalue weighted by Crippen LogP contribution is 2.27. The number of sulfonamides is 1. The number of benzene rings is 1. The fraction of sp³-hybridized carbons (Fsp3) is 0.412. The second-order valence-corrected chi connectivity index (χ2v) is 7.75. The molecule has 1 aromatic carbocycles. The first-order valence-electron chi connectivity index (χ1n) is 8.13. The molecule has 148 valence electrons. The van der Waals surface area contributed by atoms with Gasteiger partial charge in [0.05, 0.1) is 20.5 Å². The number of aromatic nitrogens is 1. The molecule has 1 aromatic heterocycles. The van der Waals surface area contributed by atoms with E-state index in [2.05, 4.69) is 10.5 Å². The molecule has 0 atom stereocenters. The van der Waals surface area contributed by atoms with Crippen LogP contribution in [-0.4, -0.2) is 46.5 Å². The molecular weight excluding hydrogens is 374 g/mol. The average molecular weight is 397 g/mol. The number of carbonyl (C=O) groups excluding carboxylic acids is 1. The number of anilines is 1. The predicted octanol–water partition coefficient (Wildman–Crippen LogP) is 1.47. The van der Waals surface area contributed by atoms with E-state index in [4.69, 9.17) is 14.0 Å². The smallest absolute Gasteiger partial charge is 0.233 e. The van der Waals surface area contributed by atoms with Crippen LogP contribution in [0, 0.1) is 6.92 Å². The Morgan fingerprint density at radius 1 is 1.22 bits per heavy atom. The fourth-order valence-electron chi connectivity index (χ4n) is 2.40. The summed E-state index contributed by atoms with van der Waals surface area (Å²) in [7, 11) is -0.506. The van der Waals surface area contributed by atoms with Gasteiger partial charge in [-0.2, -0.15) is 0 Å². The Morgan fingerprint density at radius 3 is 2.48 bits per heavy atom. The summed E-state index contributed by atoms with van der Waals surface area (Å²) in [6.45, 7) is 1.90. The van der Waals surface area contributed by atoms with E-state index in [0.29, 0.717) is 17.3 Å². The van der Waals surface area contributed by atoms with Gasteiger partial charge in [0.2, 0.25) is 15.9 Å². The van der Waals surface area contributed by atoms with Crippen molar-refractivity contribution in [2.45, 2.75) is 19.9 Å². The highest BCUT2D eigenvalue weighted by molar-refractivity contribution is 7.92. The molecule has 0 unspecified atom stereocenters. The number of carbonyl (C=O) groups is 1. The molecule has 1 heterocycles. The topological polar surface area (TPSA) is 111 Å². The molecule has 2 rings (SSSR count). The van der Waals surface area contributed by atoms with Gasteiger partial charge in [-0.3, -0.25) is 9.10 Å². The lowest BCUT2D eigenvalue weighted by Crippen LogP contribution is -2.34. The monoisotopic (exact) mass is 397 g/mol. The second kappa shape index (κ2) is 8.76. The molecule has 0 fully saturated rings. The van der Waals surface area contributed by atoms with Crippen molar-refractivity contribution >= 4 is 21.7 Å². The number of hydrogen-bond donors (Lipinski definition) is 1. The average Bonchev–Trinajstić information content (AvgIpc) is 3.04. The number of nitrogens with zero attached hydrogens (tertiary/aromatic N) is 2. The van der Waals surface area contributed by atoms with E-state index in [-0.39, 0.29) is 31.2 Å². The van der Waals surface area contributed by atoms with E-state index < -0.39 is 10.0 Å². The summed E-state index contributed by atoms with van der Waals surface area (Å²) in [6, 6.07) is 6.82. The lowest BCUT2D eigenvalue weighted by molar-refractivity contribution is -0.121. The van der Waals surface area contributed by atoms with Crippen molar-refractivity contribution in [1.29, 1.82) is 0 Å². The number of rotatable bonds is 9. The molecule has 9 nitrogen and oxygen atoms in total. The number of nitrogens with one attached hydrogen (secondary N) is 1. The summed E-state index contributed by atoms with van der Waals surface area (Å²) in [4.78, 5) is 12.1. The maximum Gasteiger partial charge on any atom is 0.233 e. The molecule has 0 aliphatic carbocycles. The van der Waals surface area contributed by atoms with Crippen LogP contribution in [0.2, 0.25) is 0 Å². The lowest BCUT2D eigenvalue weighted by atomic mass is 10.2. The van der Waals surface area contributed by atoms with Crippen LogP contribution in [-0.2, 0) is 21.4 Å². The molecule has 0 bridgehead atoms. The highest BCUT2D eigenvalue weighted by atomic mass is 32.2. The Morgan fingerprint density at radius 2 is 1.93 bits per heavy atom. The molecule has 0 aliphatic rings. The van der Waals surface area contributed by atoms with Crippen LogP contribution in [0.3, 0.4) is 0 Å². The second-order valence-electron chi connectivity index (χ2n) is 5.85. The Balaban J connectivity index is 1.95. The minimum atomic E-state index is -3.58. The van der Waals surface area contributed by atoms with Crippen LogP contribution in [0.4, 0.5) is 5.82 Å². The van der Waals surface area contributed by atoms with E-state index in [1.165, 1.54) is 13.2 Å². The summed E-state index contributed by atoms with van der Waals surface area (Å²) in [6.07, 6.45) is 1.03. The first-order chi connectivity index (χ1) is 12.7. The Hall–Kier alpha value is -2.75. The van der Waals surface area contributed by atoms with Gasteiger partial charge < -0.3 is 19.3 Å². The molecule has 0 radical (unpaired) electrons. The zero-order chi connectivity index (χ0) is 20.0. The third kappa shape index (κ3) is 5.61. The summed E-state index contributed by atoms with van der Waals surface area (Å²) in [5, 5.41) is 6.45. The molecule has 2 aromatic rings. The van der Waals surface area contributed by atoms with Crippen LogP contribution < -0.4 is 19.1 Å². The van der Waals surface area contributed by atoms with E-state index in [9.17, 15) is 13.2 Å². The van der Waals surface area contributed by atoms with Crippen molar-refractivity contribution in [3.63, 3.8) is 0 Å². The van der Waals surface area contributed by atoms with Gasteiger partial charge in [-0.1, -0.05) is 11.2 Å². The zero-order valence-electron chi connectivity index (χ0n) is 15.7. The summed E-state index contributed by atoms with van der Waals surface area (Å²) in [5.41, 5.74) is 0.827. The summed E-state index contributed by atoms with van der Waals surface area (Å²) >= 11 is 0. The van der Waals surface area contributed by atoms with Gasteiger partial charge in [0.15, 0.2) is 17.3 Å². The van der Waals surface area contributed by atoms with Crippen molar-refractivity contribution in [2.75, 3.05) is 31.3 Å². The van der Waals surface area contributed by atoms with Gasteiger partial charge in [0.1, 0.15) is 5.76 Å². The fourth-order valence-corrected chi connectivity index (χ4v) is 3.25. The number of ether oxygens (including phenoxy) is 2. The first kappa shape index (κ1) is 20.6. The Bertz CT molecular complexity index is 894. The molecular formula is C17H23N3O6S. The van der Waals surface area contributed by atoms with Crippen molar-refractivity contribution in [3.05, 3.63) is 35.6 Å².